The fourth-order valence-corrected chi connectivity index (χ4v) is 3.89. The van der Waals surface area contributed by atoms with Gasteiger partial charge in [-0.3, -0.25) is 0 Å². The Balaban J connectivity index is 1.80. The third kappa shape index (κ3) is 4.35. The highest BCUT2D eigenvalue weighted by molar-refractivity contribution is 9.10. The molecule has 0 unspecified atom stereocenters. The summed E-state index contributed by atoms with van der Waals surface area (Å²) in [6.45, 7) is 2.10. The number of halogens is 2. The maximum Gasteiger partial charge on any atom is 0.175 e. The van der Waals surface area contributed by atoms with Crippen LogP contribution in [0.15, 0.2) is 40.9 Å². The zero-order valence-corrected chi connectivity index (χ0v) is 17.0. The van der Waals surface area contributed by atoms with Crippen LogP contribution in [0.25, 0.3) is 0 Å². The molecular weight excluding hydrogens is 417 g/mol. The van der Waals surface area contributed by atoms with E-state index in [0.29, 0.717) is 17.1 Å². The number of hydrogen-bond acceptors (Lipinski definition) is 3. The zero-order chi connectivity index (χ0) is 18.5. The minimum absolute atomic E-state index is 0.123. The van der Waals surface area contributed by atoms with Gasteiger partial charge in [0, 0.05) is 24.2 Å². The molecule has 0 aromatic heterocycles. The molecule has 0 amide bonds. The third-order valence-electron chi connectivity index (χ3n) is 4.45. The Bertz CT molecular complexity index is 793. The lowest BCUT2D eigenvalue weighted by molar-refractivity contribution is 0.277. The first kappa shape index (κ1) is 19.1. The van der Waals surface area contributed by atoms with Gasteiger partial charge in [0.15, 0.2) is 11.5 Å². The summed E-state index contributed by atoms with van der Waals surface area (Å²) in [4.78, 5) is 3.06. The molecule has 3 rings (SSSR count). The van der Waals surface area contributed by atoms with Crippen molar-refractivity contribution in [3.05, 3.63) is 57.8 Å². The summed E-state index contributed by atoms with van der Waals surface area (Å²) in [7, 11) is 1.59. The van der Waals surface area contributed by atoms with Crippen molar-refractivity contribution < 1.29 is 13.9 Å². The molecule has 138 valence electrons. The molecule has 0 bridgehead atoms. The van der Waals surface area contributed by atoms with Crippen molar-refractivity contribution in [2.45, 2.75) is 25.9 Å². The van der Waals surface area contributed by atoms with Gasteiger partial charge in [0.2, 0.25) is 0 Å². The Morgan fingerprint density at radius 3 is 2.62 bits per heavy atom. The van der Waals surface area contributed by atoms with Gasteiger partial charge in [-0.15, -0.1) is 0 Å². The first-order valence-corrected chi connectivity index (χ1v) is 9.83. The highest BCUT2D eigenvalue weighted by Crippen LogP contribution is 2.38. The lowest BCUT2D eigenvalue weighted by atomic mass is 10.1. The van der Waals surface area contributed by atoms with Gasteiger partial charge in [0.1, 0.15) is 17.4 Å². The molecule has 0 saturated carbocycles. The Morgan fingerprint density at radius 2 is 1.92 bits per heavy atom. The number of nitrogens with zero attached hydrogens (tertiary/aromatic N) is 1. The Hall–Kier alpha value is -1.66. The summed E-state index contributed by atoms with van der Waals surface area (Å²) < 4.78 is 25.9. The van der Waals surface area contributed by atoms with Crippen LogP contribution in [-0.4, -0.2) is 30.1 Å². The molecule has 26 heavy (non-hydrogen) atoms. The molecule has 0 radical (unpaired) electrons. The highest BCUT2D eigenvalue weighted by atomic mass is 79.9. The standard InChI is InChI=1S/C20H21BrFNO2S/c1-24-18-12-15(20(26)23-9-5-2-6-10-23)11-16(21)19(18)25-13-14-7-3-4-8-17(14)22/h3-4,7-8,11-12H,2,5-6,9-10,13H2,1H3. The average molecular weight is 438 g/mol. The van der Waals surface area contributed by atoms with E-state index >= 15 is 0 Å². The minimum atomic E-state index is -0.287. The van der Waals surface area contributed by atoms with E-state index in [1.807, 2.05) is 12.1 Å². The van der Waals surface area contributed by atoms with Gasteiger partial charge in [0.05, 0.1) is 11.6 Å². The van der Waals surface area contributed by atoms with Crippen LogP contribution < -0.4 is 9.47 Å². The molecule has 1 aliphatic heterocycles. The Labute approximate surface area is 167 Å². The zero-order valence-electron chi connectivity index (χ0n) is 14.6. The molecular formula is C20H21BrFNO2S. The van der Waals surface area contributed by atoms with E-state index in [4.69, 9.17) is 21.7 Å². The van der Waals surface area contributed by atoms with E-state index in [9.17, 15) is 4.39 Å². The molecule has 1 saturated heterocycles. The lowest BCUT2D eigenvalue weighted by Crippen LogP contribution is -2.34. The highest BCUT2D eigenvalue weighted by Gasteiger charge is 2.19. The van der Waals surface area contributed by atoms with Crippen molar-refractivity contribution in [3.63, 3.8) is 0 Å². The van der Waals surface area contributed by atoms with E-state index in [0.717, 1.165) is 28.1 Å². The molecule has 6 heteroatoms. The second kappa shape index (κ2) is 8.82. The number of thiocarbonyl (C=S) groups is 1. The van der Waals surface area contributed by atoms with Crippen molar-refractivity contribution in [3.8, 4) is 11.5 Å². The van der Waals surface area contributed by atoms with Gasteiger partial charge >= 0.3 is 0 Å². The van der Waals surface area contributed by atoms with Gasteiger partial charge in [-0.1, -0.05) is 30.4 Å². The molecule has 2 aromatic rings. The first-order valence-electron chi connectivity index (χ1n) is 8.63. The van der Waals surface area contributed by atoms with Crippen LogP contribution >= 0.6 is 28.1 Å². The number of hydrogen-bond donors (Lipinski definition) is 0. The second-order valence-electron chi connectivity index (χ2n) is 6.22. The van der Waals surface area contributed by atoms with Crippen LogP contribution in [-0.2, 0) is 6.61 Å². The van der Waals surface area contributed by atoms with Crippen LogP contribution in [0.1, 0.15) is 30.4 Å². The predicted molar refractivity (Wildman–Crippen MR) is 109 cm³/mol. The summed E-state index contributed by atoms with van der Waals surface area (Å²) >= 11 is 9.21. The molecule has 0 spiro atoms. The smallest absolute Gasteiger partial charge is 0.175 e. The topological polar surface area (TPSA) is 21.7 Å². The third-order valence-corrected chi connectivity index (χ3v) is 5.53. The van der Waals surface area contributed by atoms with E-state index in [2.05, 4.69) is 20.8 Å². The van der Waals surface area contributed by atoms with Crippen molar-refractivity contribution >= 4 is 33.1 Å². The van der Waals surface area contributed by atoms with Crippen LogP contribution in [0, 0.1) is 5.82 Å². The van der Waals surface area contributed by atoms with Crippen LogP contribution in [0.3, 0.4) is 0 Å². The van der Waals surface area contributed by atoms with E-state index in [1.54, 1.807) is 25.3 Å². The quantitative estimate of drug-likeness (QED) is 0.588. The largest absolute Gasteiger partial charge is 0.493 e. The summed E-state index contributed by atoms with van der Waals surface area (Å²) in [5.41, 5.74) is 1.42. The van der Waals surface area contributed by atoms with Crippen LogP contribution in [0.4, 0.5) is 4.39 Å². The van der Waals surface area contributed by atoms with Crippen LogP contribution in [0.5, 0.6) is 11.5 Å². The molecule has 2 aromatic carbocycles. The summed E-state index contributed by atoms with van der Waals surface area (Å²) in [5, 5.41) is 0. The molecule has 1 aliphatic rings. The first-order chi connectivity index (χ1) is 12.6. The molecule has 0 N–H and O–H groups in total. The molecule has 1 heterocycles. The molecule has 0 atom stereocenters. The maximum atomic E-state index is 13.8. The summed E-state index contributed by atoms with van der Waals surface area (Å²) in [6, 6.07) is 10.4. The number of likely N-dealkylation sites (tertiary alicyclic amines) is 1. The predicted octanol–water partition coefficient (Wildman–Crippen LogP) is 5.34. The number of benzene rings is 2. The van der Waals surface area contributed by atoms with Gasteiger partial charge < -0.3 is 14.4 Å². The van der Waals surface area contributed by atoms with Gasteiger partial charge in [-0.2, -0.15) is 0 Å². The minimum Gasteiger partial charge on any atom is -0.493 e. The van der Waals surface area contributed by atoms with Gasteiger partial charge in [-0.25, -0.2) is 4.39 Å². The molecule has 0 aliphatic carbocycles. The van der Waals surface area contributed by atoms with Crippen molar-refractivity contribution in [1.29, 1.82) is 0 Å². The lowest BCUT2D eigenvalue weighted by Gasteiger charge is -2.29. The van der Waals surface area contributed by atoms with E-state index < -0.39 is 0 Å². The molecule has 3 nitrogen and oxygen atoms in total. The van der Waals surface area contributed by atoms with Crippen molar-refractivity contribution in [1.82, 2.24) is 4.90 Å². The monoisotopic (exact) mass is 437 g/mol. The van der Waals surface area contributed by atoms with Gasteiger partial charge in [-0.05, 0) is 53.4 Å². The summed E-state index contributed by atoms with van der Waals surface area (Å²) in [5.74, 6) is 0.830. The Morgan fingerprint density at radius 1 is 1.19 bits per heavy atom. The second-order valence-corrected chi connectivity index (χ2v) is 7.46. The number of rotatable bonds is 5. The average Bonchev–Trinajstić information content (AvgIpc) is 2.67. The van der Waals surface area contributed by atoms with Crippen LogP contribution in [0.2, 0.25) is 0 Å². The Kier molecular flexibility index (Phi) is 6.48. The molecule has 1 fully saturated rings. The number of piperidine rings is 1. The SMILES string of the molecule is COc1cc(C(=S)N2CCCCC2)cc(Br)c1OCc1ccccc1F. The van der Waals surface area contributed by atoms with Crippen molar-refractivity contribution in [2.24, 2.45) is 0 Å². The number of methoxy groups -OCH3 is 1. The normalized spacial score (nSPS) is 14.2. The van der Waals surface area contributed by atoms with E-state index in [-0.39, 0.29) is 12.4 Å². The van der Waals surface area contributed by atoms with Crippen molar-refractivity contribution in [2.75, 3.05) is 20.2 Å². The number of ether oxygens (including phenoxy) is 2. The van der Waals surface area contributed by atoms with Gasteiger partial charge in [0.25, 0.3) is 0 Å². The summed E-state index contributed by atoms with van der Waals surface area (Å²) in [6.07, 6.45) is 3.60. The maximum absolute atomic E-state index is 13.8. The fourth-order valence-electron chi connectivity index (χ4n) is 3.03. The van der Waals surface area contributed by atoms with E-state index in [1.165, 1.54) is 25.3 Å². The fraction of sp³-hybridized carbons (Fsp3) is 0.350.